The van der Waals surface area contributed by atoms with Gasteiger partial charge in [0, 0.05) is 22.8 Å². The number of aromatic nitrogens is 4. The van der Waals surface area contributed by atoms with Crippen molar-refractivity contribution >= 4 is 28.3 Å². The lowest BCUT2D eigenvalue weighted by Crippen LogP contribution is -2.31. The van der Waals surface area contributed by atoms with Crippen molar-refractivity contribution in [2.45, 2.75) is 26.3 Å². The first-order valence-corrected chi connectivity index (χ1v) is 10.1. The third-order valence-electron chi connectivity index (χ3n) is 5.51. The third-order valence-corrected chi connectivity index (χ3v) is 5.51. The van der Waals surface area contributed by atoms with Gasteiger partial charge in [-0.25, -0.2) is 9.07 Å². The van der Waals surface area contributed by atoms with Crippen LogP contribution in [0.5, 0.6) is 0 Å². The molecule has 1 aliphatic rings. The molecule has 1 amide bonds. The van der Waals surface area contributed by atoms with E-state index in [9.17, 15) is 9.18 Å². The molecule has 0 saturated carbocycles. The second kappa shape index (κ2) is 7.39. The molecule has 0 spiro atoms. The van der Waals surface area contributed by atoms with Gasteiger partial charge in [-0.2, -0.15) is 10.2 Å². The summed E-state index contributed by atoms with van der Waals surface area (Å²) in [6.07, 6.45) is 2.48. The number of aryl methyl sites for hydroxylation is 1. The molecule has 1 atom stereocenters. The molecule has 5 rings (SSSR count). The number of rotatable bonds is 4. The third kappa shape index (κ3) is 3.35. The highest BCUT2D eigenvalue weighted by Gasteiger charge is 2.33. The number of anilines is 2. The lowest BCUT2D eigenvalue weighted by atomic mass is 9.94. The number of hydrogen-bond donors (Lipinski definition) is 3. The summed E-state index contributed by atoms with van der Waals surface area (Å²) < 4.78 is 15.4. The summed E-state index contributed by atoms with van der Waals surface area (Å²) in [6, 6.07) is 13.3. The molecule has 4 aromatic rings. The number of nitrogens with zero attached hydrogens (tertiary/aromatic N) is 3. The Bertz CT molecular complexity index is 1320. The second-order valence-electron chi connectivity index (χ2n) is 7.56. The fourth-order valence-electron chi connectivity index (χ4n) is 3.96. The van der Waals surface area contributed by atoms with E-state index in [2.05, 4.69) is 20.8 Å². The summed E-state index contributed by atoms with van der Waals surface area (Å²) in [5.74, 6) is 0.231. The lowest BCUT2D eigenvalue weighted by molar-refractivity contribution is -0.113. The van der Waals surface area contributed by atoms with Gasteiger partial charge < -0.3 is 10.6 Å². The predicted octanol–water partition coefficient (Wildman–Crippen LogP) is 4.39. The van der Waals surface area contributed by atoms with E-state index >= 15 is 0 Å². The maximum atomic E-state index is 13.6. The van der Waals surface area contributed by atoms with Crippen LogP contribution in [0.4, 0.5) is 15.9 Å². The van der Waals surface area contributed by atoms with Crippen molar-refractivity contribution in [1.29, 1.82) is 0 Å². The Kier molecular flexibility index (Phi) is 4.54. The molecule has 1 unspecified atom stereocenters. The van der Waals surface area contributed by atoms with Crippen molar-refractivity contribution in [2.75, 3.05) is 10.6 Å². The standard InChI is InChI=1S/C23H21FN6O/c1-3-17-11-20-26-13(2)21(22(30(20)29-17)14-4-6-16(24)7-5-14)23(31)27-18-8-9-19-15(10-18)12-25-28-19/h4-12,22,26H,3H2,1-2H3,(H,25,28)(H,27,31). The molecule has 31 heavy (non-hydrogen) atoms. The van der Waals surface area contributed by atoms with E-state index in [4.69, 9.17) is 5.10 Å². The Morgan fingerprint density at radius 2 is 2.00 bits per heavy atom. The first-order chi connectivity index (χ1) is 15.0. The number of nitrogens with one attached hydrogen (secondary N) is 3. The molecular formula is C23H21FN6O. The Hall–Kier alpha value is -3.94. The highest BCUT2D eigenvalue weighted by atomic mass is 19.1. The number of amides is 1. The van der Waals surface area contributed by atoms with Crippen molar-refractivity contribution in [3.05, 3.63) is 83.1 Å². The molecular weight excluding hydrogens is 395 g/mol. The van der Waals surface area contributed by atoms with E-state index in [1.165, 1.54) is 12.1 Å². The van der Waals surface area contributed by atoms with Crippen molar-refractivity contribution < 1.29 is 9.18 Å². The molecule has 8 heteroatoms. The molecule has 2 aromatic carbocycles. The molecule has 0 aliphatic carbocycles. The van der Waals surface area contributed by atoms with Gasteiger partial charge in [0.1, 0.15) is 17.7 Å². The average molecular weight is 416 g/mol. The van der Waals surface area contributed by atoms with Crippen molar-refractivity contribution in [2.24, 2.45) is 0 Å². The first-order valence-electron chi connectivity index (χ1n) is 10.1. The molecule has 0 radical (unpaired) electrons. The Labute approximate surface area is 178 Å². The Morgan fingerprint density at radius 1 is 1.19 bits per heavy atom. The van der Waals surface area contributed by atoms with E-state index in [0.29, 0.717) is 11.3 Å². The van der Waals surface area contributed by atoms with Crippen LogP contribution in [0.15, 0.2) is 66.0 Å². The van der Waals surface area contributed by atoms with E-state index < -0.39 is 6.04 Å². The first kappa shape index (κ1) is 19.0. The zero-order valence-electron chi connectivity index (χ0n) is 17.1. The molecule has 0 fully saturated rings. The van der Waals surface area contributed by atoms with Gasteiger partial charge in [0.05, 0.1) is 23.0 Å². The maximum Gasteiger partial charge on any atom is 0.255 e. The summed E-state index contributed by atoms with van der Waals surface area (Å²) in [5.41, 5.74) is 4.50. The molecule has 3 heterocycles. The number of aromatic amines is 1. The minimum absolute atomic E-state index is 0.249. The van der Waals surface area contributed by atoms with Gasteiger partial charge in [0.25, 0.3) is 5.91 Å². The van der Waals surface area contributed by atoms with E-state index in [0.717, 1.165) is 40.1 Å². The maximum absolute atomic E-state index is 13.6. The largest absolute Gasteiger partial charge is 0.344 e. The number of hydrogen-bond acceptors (Lipinski definition) is 4. The molecule has 156 valence electrons. The van der Waals surface area contributed by atoms with Crippen LogP contribution in [0.1, 0.15) is 31.1 Å². The number of H-pyrrole nitrogens is 1. The van der Waals surface area contributed by atoms with Gasteiger partial charge in [-0.1, -0.05) is 19.1 Å². The summed E-state index contributed by atoms with van der Waals surface area (Å²) >= 11 is 0. The Balaban J connectivity index is 1.56. The fourth-order valence-corrected chi connectivity index (χ4v) is 3.96. The van der Waals surface area contributed by atoms with Crippen molar-refractivity contribution in [3.63, 3.8) is 0 Å². The quantitative estimate of drug-likeness (QED) is 0.460. The minimum atomic E-state index is -0.477. The van der Waals surface area contributed by atoms with Crippen LogP contribution in [0, 0.1) is 5.82 Å². The number of carbonyl (C=O) groups is 1. The number of fused-ring (bicyclic) bond motifs is 2. The monoisotopic (exact) mass is 416 g/mol. The van der Waals surface area contributed by atoms with Crippen LogP contribution in [-0.4, -0.2) is 25.9 Å². The fraction of sp³-hybridized carbons (Fsp3) is 0.174. The number of halogens is 1. The normalized spacial score (nSPS) is 15.6. The molecule has 7 nitrogen and oxygen atoms in total. The van der Waals surface area contributed by atoms with E-state index in [-0.39, 0.29) is 11.7 Å². The van der Waals surface area contributed by atoms with Crippen molar-refractivity contribution in [1.82, 2.24) is 20.0 Å². The molecule has 0 saturated heterocycles. The van der Waals surface area contributed by atoms with Crippen LogP contribution < -0.4 is 10.6 Å². The number of benzene rings is 2. The molecule has 2 aromatic heterocycles. The lowest BCUT2D eigenvalue weighted by Gasteiger charge is -2.29. The topological polar surface area (TPSA) is 87.6 Å². The van der Waals surface area contributed by atoms with Gasteiger partial charge in [-0.15, -0.1) is 0 Å². The zero-order valence-corrected chi connectivity index (χ0v) is 17.1. The summed E-state index contributed by atoms with van der Waals surface area (Å²) in [7, 11) is 0. The van der Waals surface area contributed by atoms with Crippen LogP contribution in [0.25, 0.3) is 10.9 Å². The molecule has 3 N–H and O–H groups in total. The molecule has 0 bridgehead atoms. The average Bonchev–Trinajstić information content (AvgIpc) is 3.39. The smallest absolute Gasteiger partial charge is 0.255 e. The Morgan fingerprint density at radius 3 is 2.77 bits per heavy atom. The number of carbonyl (C=O) groups excluding carboxylic acids is 1. The highest BCUT2D eigenvalue weighted by molar-refractivity contribution is 6.06. The van der Waals surface area contributed by atoms with Crippen LogP contribution >= 0.6 is 0 Å². The summed E-state index contributed by atoms with van der Waals surface area (Å²) in [6.45, 7) is 3.90. The SMILES string of the molecule is CCc1cc2n(n1)C(c1ccc(F)cc1)C(C(=O)Nc1ccc3[nH]ncc3c1)=C(C)N2. The van der Waals surface area contributed by atoms with Gasteiger partial charge in [0.2, 0.25) is 0 Å². The van der Waals surface area contributed by atoms with Crippen LogP contribution in [0.2, 0.25) is 0 Å². The highest BCUT2D eigenvalue weighted by Crippen LogP contribution is 2.37. The minimum Gasteiger partial charge on any atom is -0.344 e. The van der Waals surface area contributed by atoms with E-state index in [1.54, 1.807) is 23.0 Å². The zero-order chi connectivity index (χ0) is 21.5. The van der Waals surface area contributed by atoms with Gasteiger partial charge in [-0.3, -0.25) is 9.89 Å². The molecule has 1 aliphatic heterocycles. The van der Waals surface area contributed by atoms with Crippen molar-refractivity contribution in [3.8, 4) is 0 Å². The van der Waals surface area contributed by atoms with Gasteiger partial charge in [0.15, 0.2) is 0 Å². The predicted molar refractivity (Wildman–Crippen MR) is 117 cm³/mol. The van der Waals surface area contributed by atoms with E-state index in [1.807, 2.05) is 38.1 Å². The van der Waals surface area contributed by atoms with Gasteiger partial charge in [-0.05, 0) is 49.2 Å². The van der Waals surface area contributed by atoms with Gasteiger partial charge >= 0.3 is 0 Å². The summed E-state index contributed by atoms with van der Waals surface area (Å²) in [4.78, 5) is 13.4. The van der Waals surface area contributed by atoms with Crippen LogP contribution in [-0.2, 0) is 11.2 Å². The summed E-state index contributed by atoms with van der Waals surface area (Å²) in [5, 5.41) is 18.8. The van der Waals surface area contributed by atoms with Crippen LogP contribution in [0.3, 0.4) is 0 Å². The number of allylic oxidation sites excluding steroid dienone is 1. The second-order valence-corrected chi connectivity index (χ2v) is 7.56.